The normalized spacial score (nSPS) is 10.4. The fourth-order valence-corrected chi connectivity index (χ4v) is 1.77. The van der Waals surface area contributed by atoms with Gasteiger partial charge in [0.05, 0.1) is 5.56 Å². The van der Waals surface area contributed by atoms with Crippen LogP contribution in [0.3, 0.4) is 0 Å². The van der Waals surface area contributed by atoms with E-state index in [1.165, 1.54) is 12.1 Å². The van der Waals surface area contributed by atoms with Crippen LogP contribution in [0.1, 0.15) is 42.6 Å². The van der Waals surface area contributed by atoms with Gasteiger partial charge in [-0.3, -0.25) is 0 Å². The molecule has 0 saturated heterocycles. The minimum atomic E-state index is -1.01. The molecule has 20 heavy (non-hydrogen) atoms. The average molecular weight is 278 g/mol. The molecular formula is C15H22N2O3. The Kier molecular flexibility index (Phi) is 6.03. The van der Waals surface area contributed by atoms with Crippen LogP contribution in [0.4, 0.5) is 10.5 Å². The monoisotopic (exact) mass is 278 g/mol. The van der Waals surface area contributed by atoms with Crippen molar-refractivity contribution in [2.45, 2.75) is 33.6 Å². The van der Waals surface area contributed by atoms with E-state index in [0.717, 1.165) is 18.4 Å². The molecule has 0 spiro atoms. The van der Waals surface area contributed by atoms with Crippen LogP contribution in [-0.2, 0) is 0 Å². The van der Waals surface area contributed by atoms with Gasteiger partial charge in [-0.2, -0.15) is 0 Å². The van der Waals surface area contributed by atoms with Crippen LogP contribution >= 0.6 is 0 Å². The van der Waals surface area contributed by atoms with Crippen molar-refractivity contribution in [2.75, 3.05) is 11.9 Å². The fourth-order valence-electron chi connectivity index (χ4n) is 1.77. The molecule has 5 nitrogen and oxygen atoms in total. The molecule has 0 heterocycles. The van der Waals surface area contributed by atoms with Crippen LogP contribution in [0, 0.1) is 12.8 Å². The summed E-state index contributed by atoms with van der Waals surface area (Å²) < 4.78 is 0. The van der Waals surface area contributed by atoms with Gasteiger partial charge in [-0.05, 0) is 43.4 Å². The molecule has 0 fully saturated rings. The molecule has 110 valence electrons. The van der Waals surface area contributed by atoms with Crippen LogP contribution in [0.2, 0.25) is 0 Å². The van der Waals surface area contributed by atoms with E-state index in [0.29, 0.717) is 18.2 Å². The molecule has 0 unspecified atom stereocenters. The molecule has 0 aliphatic carbocycles. The van der Waals surface area contributed by atoms with E-state index in [9.17, 15) is 9.59 Å². The Bertz CT molecular complexity index is 484. The van der Waals surface area contributed by atoms with Gasteiger partial charge in [0.15, 0.2) is 0 Å². The summed E-state index contributed by atoms with van der Waals surface area (Å²) in [5, 5.41) is 14.4. The van der Waals surface area contributed by atoms with Crippen molar-refractivity contribution in [3.63, 3.8) is 0 Å². The van der Waals surface area contributed by atoms with Crippen LogP contribution in [0.15, 0.2) is 18.2 Å². The molecule has 1 aromatic carbocycles. The predicted octanol–water partition coefficient (Wildman–Crippen LogP) is 3.25. The first kappa shape index (κ1) is 16.0. The average Bonchev–Trinajstić information content (AvgIpc) is 2.37. The molecule has 5 heteroatoms. The number of carboxylic acids is 1. The van der Waals surface area contributed by atoms with E-state index < -0.39 is 5.97 Å². The van der Waals surface area contributed by atoms with Gasteiger partial charge in [-0.15, -0.1) is 0 Å². The van der Waals surface area contributed by atoms with Gasteiger partial charge in [0.2, 0.25) is 0 Å². The van der Waals surface area contributed by atoms with E-state index in [1.807, 2.05) is 6.92 Å². The van der Waals surface area contributed by atoms with Crippen LogP contribution in [0.5, 0.6) is 0 Å². The number of hydrogen-bond donors (Lipinski definition) is 3. The van der Waals surface area contributed by atoms with Gasteiger partial charge in [0.25, 0.3) is 0 Å². The maximum absolute atomic E-state index is 11.7. The van der Waals surface area contributed by atoms with E-state index in [1.54, 1.807) is 6.07 Å². The Hall–Kier alpha value is -2.04. The third kappa shape index (κ3) is 5.30. The number of carboxylic acid groups (broad SMARTS) is 1. The number of amides is 2. The molecule has 3 N–H and O–H groups in total. The van der Waals surface area contributed by atoms with Crippen molar-refractivity contribution in [2.24, 2.45) is 5.92 Å². The number of carbonyl (C=O) groups excluding carboxylic acids is 1. The van der Waals surface area contributed by atoms with Gasteiger partial charge in [0.1, 0.15) is 0 Å². The molecule has 0 aliphatic rings. The third-order valence-electron chi connectivity index (χ3n) is 2.98. The molecule has 0 saturated carbocycles. The number of hydrogen-bond acceptors (Lipinski definition) is 2. The minimum Gasteiger partial charge on any atom is -0.478 e. The van der Waals surface area contributed by atoms with Gasteiger partial charge < -0.3 is 15.7 Å². The van der Waals surface area contributed by atoms with Crippen molar-refractivity contribution in [3.05, 3.63) is 29.3 Å². The zero-order valence-corrected chi connectivity index (χ0v) is 12.2. The summed E-state index contributed by atoms with van der Waals surface area (Å²) in [7, 11) is 0. The molecule has 0 atom stereocenters. The number of aryl methyl sites for hydroxylation is 1. The molecule has 0 radical (unpaired) electrons. The van der Waals surface area contributed by atoms with Crippen molar-refractivity contribution in [3.8, 4) is 0 Å². The van der Waals surface area contributed by atoms with E-state index in [-0.39, 0.29) is 11.6 Å². The molecule has 0 aliphatic heterocycles. The number of aromatic carboxylic acids is 1. The number of urea groups is 1. The number of nitrogens with one attached hydrogen (secondary N) is 2. The van der Waals surface area contributed by atoms with Crippen molar-refractivity contribution < 1.29 is 14.7 Å². The lowest BCUT2D eigenvalue weighted by Gasteiger charge is -2.11. The van der Waals surface area contributed by atoms with Crippen LogP contribution in [0.25, 0.3) is 0 Å². The highest BCUT2D eigenvalue weighted by Gasteiger charge is 2.08. The smallest absolute Gasteiger partial charge is 0.335 e. The summed E-state index contributed by atoms with van der Waals surface area (Å²) in [6.07, 6.45) is 1.99. The molecular weight excluding hydrogens is 256 g/mol. The first-order valence-electron chi connectivity index (χ1n) is 6.79. The topological polar surface area (TPSA) is 78.4 Å². The summed E-state index contributed by atoms with van der Waals surface area (Å²) >= 11 is 0. The zero-order chi connectivity index (χ0) is 15.1. The quantitative estimate of drug-likeness (QED) is 0.699. The standard InChI is InChI=1S/C15H22N2O3/c1-10(2)5-4-8-16-15(20)17-13-9-12(14(18)19)7-6-11(13)3/h6-7,9-10H,4-5,8H2,1-3H3,(H,18,19)(H2,16,17,20). The largest absolute Gasteiger partial charge is 0.478 e. The molecule has 1 aromatic rings. The lowest BCUT2D eigenvalue weighted by Crippen LogP contribution is -2.30. The highest BCUT2D eigenvalue weighted by Crippen LogP contribution is 2.16. The first-order valence-corrected chi connectivity index (χ1v) is 6.79. The lowest BCUT2D eigenvalue weighted by molar-refractivity contribution is 0.0697. The Morgan fingerprint density at radius 2 is 2.00 bits per heavy atom. The Balaban J connectivity index is 2.53. The Morgan fingerprint density at radius 3 is 2.60 bits per heavy atom. The minimum absolute atomic E-state index is 0.158. The second-order valence-corrected chi connectivity index (χ2v) is 5.25. The number of carbonyl (C=O) groups is 2. The van der Waals surface area contributed by atoms with Gasteiger partial charge in [0, 0.05) is 12.2 Å². The zero-order valence-electron chi connectivity index (χ0n) is 12.2. The Labute approximate surface area is 119 Å². The molecule has 1 rings (SSSR count). The summed E-state index contributed by atoms with van der Waals surface area (Å²) in [5.41, 5.74) is 1.50. The van der Waals surface area contributed by atoms with E-state index in [4.69, 9.17) is 5.11 Å². The van der Waals surface area contributed by atoms with Crippen molar-refractivity contribution in [1.29, 1.82) is 0 Å². The summed E-state index contributed by atoms with van der Waals surface area (Å²) in [5.74, 6) is -0.389. The maximum atomic E-state index is 11.7. The van der Waals surface area contributed by atoms with Gasteiger partial charge in [-0.1, -0.05) is 19.9 Å². The predicted molar refractivity (Wildman–Crippen MR) is 79.2 cm³/mol. The lowest BCUT2D eigenvalue weighted by atomic mass is 10.1. The second-order valence-electron chi connectivity index (χ2n) is 5.25. The Morgan fingerprint density at radius 1 is 1.30 bits per heavy atom. The van der Waals surface area contributed by atoms with E-state index in [2.05, 4.69) is 24.5 Å². The highest BCUT2D eigenvalue weighted by molar-refractivity contribution is 5.93. The van der Waals surface area contributed by atoms with Crippen molar-refractivity contribution >= 4 is 17.7 Å². The third-order valence-corrected chi connectivity index (χ3v) is 2.98. The summed E-state index contributed by atoms with van der Waals surface area (Å²) in [6.45, 7) is 6.71. The number of rotatable bonds is 6. The summed E-state index contributed by atoms with van der Waals surface area (Å²) in [6, 6.07) is 4.35. The van der Waals surface area contributed by atoms with Crippen molar-refractivity contribution in [1.82, 2.24) is 5.32 Å². The first-order chi connectivity index (χ1) is 9.40. The van der Waals surface area contributed by atoms with Crippen LogP contribution in [-0.4, -0.2) is 23.7 Å². The summed E-state index contributed by atoms with van der Waals surface area (Å²) in [4.78, 5) is 22.6. The maximum Gasteiger partial charge on any atom is 0.335 e. The number of anilines is 1. The van der Waals surface area contributed by atoms with Gasteiger partial charge >= 0.3 is 12.0 Å². The van der Waals surface area contributed by atoms with E-state index >= 15 is 0 Å². The fraction of sp³-hybridized carbons (Fsp3) is 0.467. The number of benzene rings is 1. The SMILES string of the molecule is Cc1ccc(C(=O)O)cc1NC(=O)NCCCC(C)C. The molecule has 0 bridgehead atoms. The highest BCUT2D eigenvalue weighted by atomic mass is 16.4. The molecule has 2 amide bonds. The molecule has 0 aromatic heterocycles. The second kappa shape index (κ2) is 7.53. The van der Waals surface area contributed by atoms with Crippen LogP contribution < -0.4 is 10.6 Å². The van der Waals surface area contributed by atoms with Gasteiger partial charge in [-0.25, -0.2) is 9.59 Å².